The Bertz CT molecular complexity index is 383. The predicted molar refractivity (Wildman–Crippen MR) is 62.5 cm³/mol. The van der Waals surface area contributed by atoms with E-state index in [2.05, 4.69) is 21.2 Å². The Morgan fingerprint density at radius 3 is 3.06 bits per heavy atom. The van der Waals surface area contributed by atoms with Crippen LogP contribution < -0.4 is 5.32 Å². The molecule has 0 bridgehead atoms. The highest BCUT2D eigenvalue weighted by molar-refractivity contribution is 9.10. The number of hydrogen-bond acceptors (Lipinski definition) is 3. The smallest absolute Gasteiger partial charge is 0.287 e. The maximum Gasteiger partial charge on any atom is 0.287 e. The monoisotopic (exact) mass is 287 g/mol. The van der Waals surface area contributed by atoms with Gasteiger partial charge in [-0.3, -0.25) is 4.79 Å². The molecule has 2 rings (SSSR count). The van der Waals surface area contributed by atoms with Crippen LogP contribution in [0.4, 0.5) is 0 Å². The molecule has 2 heterocycles. The van der Waals surface area contributed by atoms with Crippen LogP contribution in [-0.2, 0) is 4.74 Å². The molecule has 1 aliphatic rings. The predicted octanol–water partition coefficient (Wildman–Crippen LogP) is 2.26. The maximum absolute atomic E-state index is 11.8. The van der Waals surface area contributed by atoms with Gasteiger partial charge >= 0.3 is 0 Å². The normalized spacial score (nSPS) is 20.0. The van der Waals surface area contributed by atoms with Crippen LogP contribution >= 0.6 is 15.9 Å². The number of carbonyl (C=O) groups excluding carboxylic acids is 1. The lowest BCUT2D eigenvalue weighted by Crippen LogP contribution is -2.31. The van der Waals surface area contributed by atoms with Crippen LogP contribution in [0.5, 0.6) is 0 Å². The Morgan fingerprint density at radius 2 is 2.50 bits per heavy atom. The molecule has 0 spiro atoms. The summed E-state index contributed by atoms with van der Waals surface area (Å²) in [6.45, 7) is 3.19. The van der Waals surface area contributed by atoms with Crippen LogP contribution in [0.3, 0.4) is 0 Å². The first-order valence-electron chi connectivity index (χ1n) is 5.32. The number of rotatable bonds is 3. The highest BCUT2D eigenvalue weighted by Gasteiger charge is 2.19. The number of nitrogens with one attached hydrogen (secondary N) is 1. The Morgan fingerprint density at radius 1 is 1.69 bits per heavy atom. The Labute approximate surface area is 102 Å². The van der Waals surface area contributed by atoms with Gasteiger partial charge in [-0.2, -0.15) is 0 Å². The van der Waals surface area contributed by atoms with Gasteiger partial charge in [0.15, 0.2) is 10.4 Å². The Kier molecular flexibility index (Phi) is 3.66. The molecule has 0 radical (unpaired) electrons. The van der Waals surface area contributed by atoms with E-state index in [-0.39, 0.29) is 12.0 Å². The molecule has 1 amide bonds. The van der Waals surface area contributed by atoms with E-state index in [0.717, 1.165) is 25.0 Å². The topological polar surface area (TPSA) is 51.5 Å². The van der Waals surface area contributed by atoms with Gasteiger partial charge in [0.2, 0.25) is 0 Å². The van der Waals surface area contributed by atoms with Gasteiger partial charge in [0.05, 0.1) is 6.10 Å². The molecule has 4 nitrogen and oxygen atoms in total. The van der Waals surface area contributed by atoms with Crippen molar-refractivity contribution in [2.24, 2.45) is 0 Å². The summed E-state index contributed by atoms with van der Waals surface area (Å²) in [5, 5.41) is 2.82. The third kappa shape index (κ3) is 2.65. The molecule has 1 aliphatic heterocycles. The number of ether oxygens (including phenoxy) is 1. The fourth-order valence-electron chi connectivity index (χ4n) is 1.76. The lowest BCUT2D eigenvalue weighted by atomic mass is 10.2. The summed E-state index contributed by atoms with van der Waals surface area (Å²) in [7, 11) is 0. The van der Waals surface area contributed by atoms with Crippen LogP contribution in [-0.4, -0.2) is 25.2 Å². The van der Waals surface area contributed by atoms with Crippen LogP contribution in [0.25, 0.3) is 0 Å². The Hall–Kier alpha value is -0.810. The molecular weight excluding hydrogens is 274 g/mol. The van der Waals surface area contributed by atoms with Crippen LogP contribution in [0.15, 0.2) is 15.2 Å². The molecule has 16 heavy (non-hydrogen) atoms. The van der Waals surface area contributed by atoms with Gasteiger partial charge in [0, 0.05) is 18.7 Å². The number of halogens is 1. The summed E-state index contributed by atoms with van der Waals surface area (Å²) in [4.78, 5) is 11.8. The summed E-state index contributed by atoms with van der Waals surface area (Å²) in [5.74, 6) is 0.184. The van der Waals surface area contributed by atoms with E-state index >= 15 is 0 Å². The number of furan rings is 1. The van der Waals surface area contributed by atoms with Crippen LogP contribution in [0, 0.1) is 6.92 Å². The standard InChI is InChI=1S/C11H14BrNO3/c1-7-5-9(12)16-10(7)11(14)13-6-8-3-2-4-15-8/h5,8H,2-4,6H2,1H3,(H,13,14)/t8-/m1/s1. The third-order valence-electron chi connectivity index (χ3n) is 2.61. The lowest BCUT2D eigenvalue weighted by Gasteiger charge is -2.09. The van der Waals surface area contributed by atoms with Gasteiger partial charge in [0.1, 0.15) is 0 Å². The first kappa shape index (κ1) is 11.7. The van der Waals surface area contributed by atoms with Gasteiger partial charge in [-0.05, 0) is 41.8 Å². The summed E-state index contributed by atoms with van der Waals surface area (Å²) in [5.41, 5.74) is 0.830. The van der Waals surface area contributed by atoms with Crippen molar-refractivity contribution in [1.29, 1.82) is 0 Å². The van der Waals surface area contributed by atoms with Crippen LogP contribution in [0.2, 0.25) is 0 Å². The molecule has 5 heteroatoms. The third-order valence-corrected chi connectivity index (χ3v) is 3.00. The van der Waals surface area contributed by atoms with Crippen molar-refractivity contribution in [1.82, 2.24) is 5.32 Å². The van der Waals surface area contributed by atoms with E-state index in [1.807, 2.05) is 6.92 Å². The van der Waals surface area contributed by atoms with E-state index < -0.39 is 0 Å². The second-order valence-corrected chi connectivity index (χ2v) is 4.69. The molecule has 1 fully saturated rings. The highest BCUT2D eigenvalue weighted by Crippen LogP contribution is 2.19. The average molecular weight is 288 g/mol. The zero-order valence-corrected chi connectivity index (χ0v) is 10.7. The minimum absolute atomic E-state index is 0.155. The van der Waals surface area contributed by atoms with Gasteiger partial charge in [-0.1, -0.05) is 0 Å². The van der Waals surface area contributed by atoms with Crippen molar-refractivity contribution < 1.29 is 13.9 Å². The lowest BCUT2D eigenvalue weighted by molar-refractivity contribution is 0.0833. The van der Waals surface area contributed by atoms with Gasteiger partial charge in [-0.25, -0.2) is 0 Å². The van der Waals surface area contributed by atoms with E-state index in [4.69, 9.17) is 9.15 Å². The van der Waals surface area contributed by atoms with Crippen LogP contribution in [0.1, 0.15) is 29.0 Å². The molecular formula is C11H14BrNO3. The molecule has 1 aromatic rings. The minimum atomic E-state index is -0.182. The highest BCUT2D eigenvalue weighted by atomic mass is 79.9. The number of aryl methyl sites for hydroxylation is 1. The molecule has 88 valence electrons. The average Bonchev–Trinajstić information content (AvgIpc) is 2.84. The Balaban J connectivity index is 1.90. The number of amides is 1. The maximum atomic E-state index is 11.8. The zero-order chi connectivity index (χ0) is 11.5. The largest absolute Gasteiger partial charge is 0.444 e. The fraction of sp³-hybridized carbons (Fsp3) is 0.545. The van der Waals surface area contributed by atoms with Crippen molar-refractivity contribution in [3.63, 3.8) is 0 Å². The summed E-state index contributed by atoms with van der Waals surface area (Å²) in [6, 6.07) is 1.78. The van der Waals surface area contributed by atoms with Gasteiger partial charge in [-0.15, -0.1) is 0 Å². The van der Waals surface area contributed by atoms with E-state index in [1.165, 1.54) is 0 Å². The molecule has 0 saturated carbocycles. The molecule has 1 N–H and O–H groups in total. The fourth-order valence-corrected chi connectivity index (χ4v) is 2.27. The van der Waals surface area contributed by atoms with Crippen molar-refractivity contribution in [3.8, 4) is 0 Å². The molecule has 0 aliphatic carbocycles. The summed E-state index contributed by atoms with van der Waals surface area (Å²) < 4.78 is 11.3. The van der Waals surface area contributed by atoms with Crippen molar-refractivity contribution in [2.45, 2.75) is 25.9 Å². The number of carbonyl (C=O) groups is 1. The summed E-state index contributed by atoms with van der Waals surface area (Å²) >= 11 is 3.20. The first-order chi connectivity index (χ1) is 7.66. The number of hydrogen-bond donors (Lipinski definition) is 1. The second-order valence-electron chi connectivity index (χ2n) is 3.91. The van der Waals surface area contributed by atoms with Gasteiger partial charge in [0.25, 0.3) is 5.91 Å². The second kappa shape index (κ2) is 5.01. The molecule has 1 saturated heterocycles. The minimum Gasteiger partial charge on any atom is -0.444 e. The summed E-state index contributed by atoms with van der Waals surface area (Å²) in [6.07, 6.45) is 2.25. The molecule has 1 aromatic heterocycles. The van der Waals surface area contributed by atoms with Crippen molar-refractivity contribution in [2.75, 3.05) is 13.2 Å². The van der Waals surface area contributed by atoms with E-state index in [1.54, 1.807) is 6.07 Å². The molecule has 1 atom stereocenters. The quantitative estimate of drug-likeness (QED) is 0.928. The van der Waals surface area contributed by atoms with Gasteiger partial charge < -0.3 is 14.5 Å². The van der Waals surface area contributed by atoms with Crippen molar-refractivity contribution >= 4 is 21.8 Å². The molecule has 0 unspecified atom stereocenters. The van der Waals surface area contributed by atoms with E-state index in [9.17, 15) is 4.79 Å². The van der Waals surface area contributed by atoms with E-state index in [0.29, 0.717) is 17.0 Å². The first-order valence-corrected chi connectivity index (χ1v) is 6.12. The molecule has 0 aromatic carbocycles. The zero-order valence-electron chi connectivity index (χ0n) is 9.09. The van der Waals surface area contributed by atoms with Crippen molar-refractivity contribution in [3.05, 3.63) is 22.1 Å². The SMILES string of the molecule is Cc1cc(Br)oc1C(=O)NC[C@H]1CCCO1.